The van der Waals surface area contributed by atoms with E-state index < -0.39 is 11.8 Å². The minimum atomic E-state index is -0.471. The smallest absolute Gasteiger partial charge is 0.311 e. The Bertz CT molecular complexity index is 545. The normalized spacial score (nSPS) is 12.1. The predicted molar refractivity (Wildman–Crippen MR) is 88.6 cm³/mol. The molecule has 0 heterocycles. The lowest BCUT2D eigenvalue weighted by molar-refractivity contribution is -0.151. The summed E-state index contributed by atoms with van der Waals surface area (Å²) >= 11 is 3.12. The van der Waals surface area contributed by atoms with Crippen LogP contribution in [0, 0.1) is 11.7 Å². The molecule has 0 aliphatic heterocycles. The molecule has 0 spiro atoms. The molecule has 0 N–H and O–H groups in total. The molecule has 0 saturated heterocycles. The fraction of sp³-hybridized carbons (Fsp3) is 0.529. The SMILES string of the molecule is CCC(OC(=O)CCCC(=O)Oc1ccc(F)cc1Br)C(C)C. The molecular formula is C17H22BrFO4. The van der Waals surface area contributed by atoms with Gasteiger partial charge in [0.1, 0.15) is 17.7 Å². The zero-order chi connectivity index (χ0) is 17.4. The Balaban J connectivity index is 2.35. The molecule has 6 heteroatoms. The molecule has 1 rings (SSSR count). The Labute approximate surface area is 144 Å². The van der Waals surface area contributed by atoms with Crippen molar-refractivity contribution in [1.29, 1.82) is 0 Å². The van der Waals surface area contributed by atoms with Gasteiger partial charge in [0.25, 0.3) is 0 Å². The van der Waals surface area contributed by atoms with Gasteiger partial charge in [-0.3, -0.25) is 9.59 Å². The van der Waals surface area contributed by atoms with Crippen LogP contribution in [0.5, 0.6) is 5.75 Å². The van der Waals surface area contributed by atoms with Crippen LogP contribution >= 0.6 is 15.9 Å². The molecule has 0 amide bonds. The molecule has 1 unspecified atom stereocenters. The number of hydrogen-bond donors (Lipinski definition) is 0. The van der Waals surface area contributed by atoms with Crippen molar-refractivity contribution in [3.05, 3.63) is 28.5 Å². The molecule has 1 aromatic carbocycles. The highest BCUT2D eigenvalue weighted by Crippen LogP contribution is 2.26. The average Bonchev–Trinajstić information content (AvgIpc) is 2.47. The first-order valence-electron chi connectivity index (χ1n) is 7.68. The van der Waals surface area contributed by atoms with Gasteiger partial charge in [0, 0.05) is 12.8 Å². The minimum Gasteiger partial charge on any atom is -0.462 e. The van der Waals surface area contributed by atoms with Gasteiger partial charge in [0.2, 0.25) is 0 Å². The number of benzene rings is 1. The second-order valence-corrected chi connectivity index (χ2v) is 6.44. The van der Waals surface area contributed by atoms with E-state index in [4.69, 9.17) is 9.47 Å². The van der Waals surface area contributed by atoms with Gasteiger partial charge in [-0.05, 0) is 52.9 Å². The van der Waals surface area contributed by atoms with E-state index in [1.807, 2.05) is 20.8 Å². The van der Waals surface area contributed by atoms with Crippen LogP contribution in [0.3, 0.4) is 0 Å². The number of carbonyl (C=O) groups is 2. The van der Waals surface area contributed by atoms with Gasteiger partial charge in [-0.1, -0.05) is 20.8 Å². The molecule has 0 aliphatic rings. The highest BCUT2D eigenvalue weighted by atomic mass is 79.9. The lowest BCUT2D eigenvalue weighted by Crippen LogP contribution is -2.22. The summed E-state index contributed by atoms with van der Waals surface area (Å²) in [6.45, 7) is 5.97. The van der Waals surface area contributed by atoms with E-state index in [1.165, 1.54) is 18.2 Å². The van der Waals surface area contributed by atoms with E-state index in [-0.39, 0.29) is 36.6 Å². The minimum absolute atomic E-state index is 0.0929. The second kappa shape index (κ2) is 9.65. The first kappa shape index (κ1) is 19.6. The van der Waals surface area contributed by atoms with E-state index in [9.17, 15) is 14.0 Å². The van der Waals surface area contributed by atoms with Crippen LogP contribution in [0.1, 0.15) is 46.5 Å². The lowest BCUT2D eigenvalue weighted by atomic mass is 10.1. The first-order chi connectivity index (χ1) is 10.8. The van der Waals surface area contributed by atoms with Crippen LogP contribution in [0.25, 0.3) is 0 Å². The Hall–Kier alpha value is -1.43. The zero-order valence-corrected chi connectivity index (χ0v) is 15.2. The van der Waals surface area contributed by atoms with Crippen molar-refractivity contribution >= 4 is 27.9 Å². The molecule has 0 aromatic heterocycles. The van der Waals surface area contributed by atoms with E-state index in [0.29, 0.717) is 10.9 Å². The molecule has 1 atom stereocenters. The van der Waals surface area contributed by atoms with Crippen molar-refractivity contribution in [2.75, 3.05) is 0 Å². The summed E-state index contributed by atoms with van der Waals surface area (Å²) in [4.78, 5) is 23.5. The third-order valence-electron chi connectivity index (χ3n) is 3.31. The average molecular weight is 389 g/mol. The van der Waals surface area contributed by atoms with E-state index >= 15 is 0 Å². The van der Waals surface area contributed by atoms with Crippen LogP contribution in [-0.4, -0.2) is 18.0 Å². The van der Waals surface area contributed by atoms with Gasteiger partial charge in [-0.25, -0.2) is 4.39 Å². The van der Waals surface area contributed by atoms with Crippen LogP contribution in [0.15, 0.2) is 22.7 Å². The van der Waals surface area contributed by atoms with Gasteiger partial charge in [0.15, 0.2) is 0 Å². The number of esters is 2. The number of ether oxygens (including phenoxy) is 2. The van der Waals surface area contributed by atoms with Gasteiger partial charge < -0.3 is 9.47 Å². The second-order valence-electron chi connectivity index (χ2n) is 5.58. The van der Waals surface area contributed by atoms with Crippen molar-refractivity contribution in [1.82, 2.24) is 0 Å². The highest BCUT2D eigenvalue weighted by Gasteiger charge is 2.16. The maximum absolute atomic E-state index is 12.9. The number of rotatable bonds is 8. The van der Waals surface area contributed by atoms with Crippen LogP contribution in [-0.2, 0) is 14.3 Å². The standard InChI is InChI=1S/C17H22BrFO4/c1-4-14(11(2)3)22-16(20)6-5-7-17(21)23-15-9-8-12(19)10-13(15)18/h8-11,14H,4-7H2,1-3H3. The summed E-state index contributed by atoms with van der Waals surface area (Å²) in [6, 6.07) is 3.80. The Morgan fingerprint density at radius 1 is 1.22 bits per heavy atom. The first-order valence-corrected chi connectivity index (χ1v) is 8.48. The molecule has 128 valence electrons. The van der Waals surface area contributed by atoms with Crippen molar-refractivity contribution in [2.24, 2.45) is 5.92 Å². The number of hydrogen-bond acceptors (Lipinski definition) is 4. The summed E-state index contributed by atoms with van der Waals surface area (Å²) in [7, 11) is 0. The molecule has 0 aliphatic carbocycles. The summed E-state index contributed by atoms with van der Waals surface area (Å²) in [5.74, 6) is -0.674. The third kappa shape index (κ3) is 7.12. The van der Waals surface area contributed by atoms with Crippen molar-refractivity contribution in [2.45, 2.75) is 52.6 Å². The molecule has 23 heavy (non-hydrogen) atoms. The molecule has 1 aromatic rings. The summed E-state index contributed by atoms with van der Waals surface area (Å²) < 4.78 is 23.8. The van der Waals surface area contributed by atoms with Crippen molar-refractivity contribution < 1.29 is 23.5 Å². The molecule has 4 nitrogen and oxygen atoms in total. The van der Waals surface area contributed by atoms with Crippen LogP contribution < -0.4 is 4.74 Å². The van der Waals surface area contributed by atoms with Gasteiger partial charge in [-0.2, -0.15) is 0 Å². The number of carbonyl (C=O) groups excluding carboxylic acids is 2. The largest absolute Gasteiger partial charge is 0.462 e. The lowest BCUT2D eigenvalue weighted by Gasteiger charge is -2.19. The quantitative estimate of drug-likeness (QED) is 0.480. The molecule has 0 saturated carbocycles. The summed E-state index contributed by atoms with van der Waals surface area (Å²) in [5, 5.41) is 0. The molecular weight excluding hydrogens is 367 g/mol. The zero-order valence-electron chi connectivity index (χ0n) is 13.6. The van der Waals surface area contributed by atoms with Crippen LogP contribution in [0.2, 0.25) is 0 Å². The van der Waals surface area contributed by atoms with E-state index in [2.05, 4.69) is 15.9 Å². The number of halogens is 2. The van der Waals surface area contributed by atoms with Crippen molar-refractivity contribution in [3.63, 3.8) is 0 Å². The predicted octanol–water partition coefficient (Wildman–Crippen LogP) is 4.64. The maximum Gasteiger partial charge on any atom is 0.311 e. The Morgan fingerprint density at radius 2 is 1.87 bits per heavy atom. The fourth-order valence-corrected chi connectivity index (χ4v) is 2.46. The summed E-state index contributed by atoms with van der Waals surface area (Å²) in [5.41, 5.74) is 0. The summed E-state index contributed by atoms with van der Waals surface area (Å²) in [6.07, 6.45) is 1.29. The Kier molecular flexibility index (Phi) is 8.23. The van der Waals surface area contributed by atoms with Gasteiger partial charge >= 0.3 is 11.9 Å². The maximum atomic E-state index is 12.9. The van der Waals surface area contributed by atoms with Crippen LogP contribution in [0.4, 0.5) is 4.39 Å². The van der Waals surface area contributed by atoms with Gasteiger partial charge in [0.05, 0.1) is 4.47 Å². The van der Waals surface area contributed by atoms with E-state index in [1.54, 1.807) is 0 Å². The third-order valence-corrected chi connectivity index (χ3v) is 3.93. The topological polar surface area (TPSA) is 52.6 Å². The van der Waals surface area contributed by atoms with Crippen molar-refractivity contribution in [3.8, 4) is 5.75 Å². The fourth-order valence-electron chi connectivity index (χ4n) is 2.03. The van der Waals surface area contributed by atoms with E-state index in [0.717, 1.165) is 6.42 Å². The van der Waals surface area contributed by atoms with Gasteiger partial charge in [-0.15, -0.1) is 0 Å². The molecule has 0 fully saturated rings. The monoisotopic (exact) mass is 388 g/mol. The Morgan fingerprint density at radius 3 is 2.43 bits per heavy atom. The molecule has 0 bridgehead atoms. The highest BCUT2D eigenvalue weighted by molar-refractivity contribution is 9.10. The molecule has 0 radical (unpaired) electrons.